The van der Waals surface area contributed by atoms with E-state index in [-0.39, 0.29) is 5.91 Å². The summed E-state index contributed by atoms with van der Waals surface area (Å²) in [4.78, 5) is 29.4. The van der Waals surface area contributed by atoms with Gasteiger partial charge in [0.05, 0.1) is 12.8 Å². The Morgan fingerprint density at radius 3 is 2.60 bits per heavy atom. The lowest BCUT2D eigenvalue weighted by molar-refractivity contribution is -0.118. The second-order valence-electron chi connectivity index (χ2n) is 5.94. The number of para-hydroxylation sites is 1. The van der Waals surface area contributed by atoms with E-state index in [9.17, 15) is 9.59 Å². The van der Waals surface area contributed by atoms with Crippen LogP contribution in [0.25, 0.3) is 10.9 Å². The number of imide groups is 1. The number of carbonyl (C=O) groups excluding carboxylic acids is 2. The van der Waals surface area contributed by atoms with Crippen LogP contribution >= 0.6 is 0 Å². The van der Waals surface area contributed by atoms with Crippen LogP contribution < -0.4 is 15.0 Å². The lowest BCUT2D eigenvalue weighted by Crippen LogP contribution is -2.32. The van der Waals surface area contributed by atoms with E-state index in [0.29, 0.717) is 17.9 Å². The van der Waals surface area contributed by atoms with Crippen LogP contribution in [0, 0.1) is 0 Å². The number of anilines is 1. The number of urea groups is 1. The highest BCUT2D eigenvalue weighted by molar-refractivity contribution is 6.21. The first-order chi connectivity index (χ1) is 12.2. The van der Waals surface area contributed by atoms with Crippen LogP contribution in [0.1, 0.15) is 5.56 Å². The number of ether oxygens (including phenoxy) is 1. The van der Waals surface area contributed by atoms with Crippen LogP contribution in [0.2, 0.25) is 0 Å². The van der Waals surface area contributed by atoms with Gasteiger partial charge in [-0.2, -0.15) is 0 Å². The maximum Gasteiger partial charge on any atom is 0.329 e. The summed E-state index contributed by atoms with van der Waals surface area (Å²) >= 11 is 0. The summed E-state index contributed by atoms with van der Waals surface area (Å²) in [5.74, 6) is 0.423. The average Bonchev–Trinajstić information content (AvgIpc) is 3.17. The second kappa shape index (κ2) is 5.98. The van der Waals surface area contributed by atoms with E-state index in [2.05, 4.69) is 10.3 Å². The van der Waals surface area contributed by atoms with E-state index in [1.165, 1.54) is 4.90 Å². The van der Waals surface area contributed by atoms with Crippen molar-refractivity contribution in [1.82, 2.24) is 10.3 Å². The van der Waals surface area contributed by atoms with Gasteiger partial charge >= 0.3 is 6.03 Å². The number of carbonyl (C=O) groups is 2. The fourth-order valence-electron chi connectivity index (χ4n) is 3.17. The number of hydrogen-bond acceptors (Lipinski definition) is 3. The van der Waals surface area contributed by atoms with E-state index < -0.39 is 12.1 Å². The standard InChI is InChI=1S/C19H17N3O3/c1-25-14-8-6-13(7-9-14)22-18(23)17(21-19(22)24)10-12-11-20-16-5-3-2-4-15(12)16/h2-9,11,17,20H,10H2,1H3,(H,21,24). The Labute approximate surface area is 144 Å². The van der Waals surface area contributed by atoms with Crippen LogP contribution in [0.3, 0.4) is 0 Å². The maximum atomic E-state index is 12.7. The van der Waals surface area contributed by atoms with Crippen LogP contribution in [-0.4, -0.2) is 30.1 Å². The number of H-pyrrole nitrogens is 1. The van der Waals surface area contributed by atoms with Crippen molar-refractivity contribution in [3.05, 3.63) is 60.3 Å². The van der Waals surface area contributed by atoms with Gasteiger partial charge in [-0.25, -0.2) is 9.69 Å². The molecule has 3 amide bonds. The van der Waals surface area contributed by atoms with Crippen LogP contribution in [-0.2, 0) is 11.2 Å². The van der Waals surface area contributed by atoms with Gasteiger partial charge in [0.25, 0.3) is 5.91 Å². The predicted octanol–water partition coefficient (Wildman–Crippen LogP) is 2.84. The Balaban J connectivity index is 1.58. The number of hydrogen-bond donors (Lipinski definition) is 2. The molecule has 1 fully saturated rings. The van der Waals surface area contributed by atoms with E-state index in [1.807, 2.05) is 30.5 Å². The molecular formula is C19H17N3O3. The zero-order chi connectivity index (χ0) is 17.4. The summed E-state index contributed by atoms with van der Waals surface area (Å²) in [6, 6.07) is 13.8. The molecule has 2 aromatic carbocycles. The number of methoxy groups -OCH3 is 1. The summed E-state index contributed by atoms with van der Waals surface area (Å²) in [6.07, 6.45) is 2.33. The molecule has 0 radical (unpaired) electrons. The molecule has 1 saturated heterocycles. The van der Waals surface area contributed by atoms with Gasteiger partial charge in [-0.3, -0.25) is 4.79 Å². The first-order valence-corrected chi connectivity index (χ1v) is 8.01. The fourth-order valence-corrected chi connectivity index (χ4v) is 3.17. The van der Waals surface area contributed by atoms with Crippen LogP contribution in [0.15, 0.2) is 54.7 Å². The monoisotopic (exact) mass is 335 g/mol. The summed E-state index contributed by atoms with van der Waals surface area (Å²) in [6.45, 7) is 0. The molecule has 1 aromatic heterocycles. The van der Waals surface area contributed by atoms with Gasteiger partial charge in [0.15, 0.2) is 0 Å². The number of benzene rings is 2. The fraction of sp³-hybridized carbons (Fsp3) is 0.158. The third kappa shape index (κ3) is 2.61. The molecule has 4 rings (SSSR count). The summed E-state index contributed by atoms with van der Waals surface area (Å²) in [5, 5.41) is 3.84. The van der Waals surface area contributed by atoms with Gasteiger partial charge in [0, 0.05) is 23.5 Å². The molecule has 2 N–H and O–H groups in total. The van der Waals surface area contributed by atoms with Crippen molar-refractivity contribution in [3.8, 4) is 5.75 Å². The van der Waals surface area contributed by atoms with Crippen LogP contribution in [0.4, 0.5) is 10.5 Å². The molecular weight excluding hydrogens is 318 g/mol. The van der Waals surface area contributed by atoms with Crippen molar-refractivity contribution in [1.29, 1.82) is 0 Å². The van der Waals surface area contributed by atoms with Crippen molar-refractivity contribution in [3.63, 3.8) is 0 Å². The van der Waals surface area contributed by atoms with Crippen molar-refractivity contribution in [2.75, 3.05) is 12.0 Å². The smallest absolute Gasteiger partial charge is 0.329 e. The average molecular weight is 335 g/mol. The Hall–Kier alpha value is -3.28. The molecule has 126 valence electrons. The van der Waals surface area contributed by atoms with Gasteiger partial charge in [-0.1, -0.05) is 18.2 Å². The molecule has 0 bridgehead atoms. The lowest BCUT2D eigenvalue weighted by Gasteiger charge is -2.13. The quantitative estimate of drug-likeness (QED) is 0.720. The van der Waals surface area contributed by atoms with Gasteiger partial charge in [-0.15, -0.1) is 0 Å². The largest absolute Gasteiger partial charge is 0.497 e. The highest BCUT2D eigenvalue weighted by atomic mass is 16.5. The van der Waals surface area contributed by atoms with E-state index >= 15 is 0 Å². The van der Waals surface area contributed by atoms with Crippen LogP contribution in [0.5, 0.6) is 5.75 Å². The number of fused-ring (bicyclic) bond motifs is 1. The Morgan fingerprint density at radius 2 is 1.84 bits per heavy atom. The number of rotatable bonds is 4. The number of aromatic nitrogens is 1. The molecule has 0 aliphatic carbocycles. The minimum atomic E-state index is -0.575. The zero-order valence-corrected chi connectivity index (χ0v) is 13.7. The molecule has 6 heteroatoms. The van der Waals surface area contributed by atoms with Crippen molar-refractivity contribution < 1.29 is 14.3 Å². The van der Waals surface area contributed by atoms with Gasteiger partial charge in [0.1, 0.15) is 11.8 Å². The van der Waals surface area contributed by atoms with E-state index in [1.54, 1.807) is 31.4 Å². The first kappa shape index (κ1) is 15.3. The maximum absolute atomic E-state index is 12.7. The molecule has 1 aliphatic rings. The number of aromatic amines is 1. The topological polar surface area (TPSA) is 74.4 Å². The Morgan fingerprint density at radius 1 is 1.08 bits per heavy atom. The SMILES string of the molecule is COc1ccc(N2C(=O)NC(Cc3c[nH]c4ccccc34)C2=O)cc1. The van der Waals surface area contributed by atoms with E-state index in [4.69, 9.17) is 4.74 Å². The van der Waals surface area contributed by atoms with Gasteiger partial charge in [0.2, 0.25) is 0 Å². The number of amides is 3. The molecule has 1 aliphatic heterocycles. The Kier molecular flexibility index (Phi) is 3.65. The van der Waals surface area contributed by atoms with Gasteiger partial charge in [-0.05, 0) is 35.9 Å². The summed E-state index contributed by atoms with van der Waals surface area (Å²) in [7, 11) is 1.57. The lowest BCUT2D eigenvalue weighted by atomic mass is 10.0. The molecule has 1 unspecified atom stereocenters. The minimum absolute atomic E-state index is 0.250. The molecule has 2 heterocycles. The van der Waals surface area contributed by atoms with Gasteiger partial charge < -0.3 is 15.0 Å². The third-order valence-corrected chi connectivity index (χ3v) is 4.45. The molecule has 6 nitrogen and oxygen atoms in total. The van der Waals surface area contributed by atoms with Crippen molar-refractivity contribution in [2.24, 2.45) is 0 Å². The molecule has 1 atom stereocenters. The van der Waals surface area contributed by atoms with Crippen molar-refractivity contribution in [2.45, 2.75) is 12.5 Å². The molecule has 3 aromatic rings. The number of nitrogens with one attached hydrogen (secondary N) is 2. The third-order valence-electron chi connectivity index (χ3n) is 4.45. The summed E-state index contributed by atoms with van der Waals surface area (Å²) in [5.41, 5.74) is 2.55. The Bertz CT molecular complexity index is 946. The molecule has 0 saturated carbocycles. The summed E-state index contributed by atoms with van der Waals surface area (Å²) < 4.78 is 5.11. The minimum Gasteiger partial charge on any atom is -0.497 e. The number of nitrogens with zero attached hydrogens (tertiary/aromatic N) is 1. The molecule has 25 heavy (non-hydrogen) atoms. The highest BCUT2D eigenvalue weighted by Crippen LogP contribution is 2.25. The van der Waals surface area contributed by atoms with E-state index in [0.717, 1.165) is 16.5 Å². The zero-order valence-electron chi connectivity index (χ0n) is 13.7. The molecule has 0 spiro atoms. The highest BCUT2D eigenvalue weighted by Gasteiger charge is 2.39. The second-order valence-corrected chi connectivity index (χ2v) is 5.94. The van der Waals surface area contributed by atoms with Crippen molar-refractivity contribution >= 4 is 28.5 Å². The first-order valence-electron chi connectivity index (χ1n) is 8.01. The predicted molar refractivity (Wildman–Crippen MR) is 94.8 cm³/mol. The normalized spacial score (nSPS) is 17.2.